The maximum Gasteiger partial charge on any atom is 0.187 e. The lowest BCUT2D eigenvalue weighted by atomic mass is 9.56. The highest BCUT2D eigenvalue weighted by Gasteiger charge is 2.54. The Kier molecular flexibility index (Phi) is 7.96. The minimum Gasteiger partial charge on any atom is -0.494 e. The molecule has 192 valence electrons. The van der Waals surface area contributed by atoms with Gasteiger partial charge in [0.1, 0.15) is 5.75 Å². The van der Waals surface area contributed by atoms with Crippen molar-refractivity contribution in [2.45, 2.75) is 56.6 Å². The van der Waals surface area contributed by atoms with E-state index in [-0.39, 0.29) is 5.41 Å². The van der Waals surface area contributed by atoms with E-state index in [1.54, 1.807) is 5.56 Å². The summed E-state index contributed by atoms with van der Waals surface area (Å²) < 4.78 is 12.0. The number of rotatable bonds is 8. The van der Waals surface area contributed by atoms with E-state index in [9.17, 15) is 0 Å². The first-order valence-electron chi connectivity index (χ1n) is 13.8. The minimum absolute atomic E-state index is 0.188. The first-order chi connectivity index (χ1) is 17.6. The van der Waals surface area contributed by atoms with Crippen molar-refractivity contribution in [3.63, 3.8) is 0 Å². The van der Waals surface area contributed by atoms with Crippen LogP contribution in [0.5, 0.6) is 5.75 Å². The molecule has 0 amide bonds. The monoisotopic (exact) mass is 487 g/mol. The van der Waals surface area contributed by atoms with E-state index in [1.807, 2.05) is 31.4 Å². The van der Waals surface area contributed by atoms with Gasteiger partial charge in [0.25, 0.3) is 0 Å². The smallest absolute Gasteiger partial charge is 0.187 e. The molecule has 5 heteroatoms. The predicted octanol–water partition coefficient (Wildman–Crippen LogP) is 5.92. The second-order valence-corrected chi connectivity index (χ2v) is 11.1. The second kappa shape index (κ2) is 11.3. The lowest BCUT2D eigenvalue weighted by molar-refractivity contribution is -0.0196. The van der Waals surface area contributed by atoms with Gasteiger partial charge < -0.3 is 19.3 Å². The van der Waals surface area contributed by atoms with Crippen molar-refractivity contribution in [1.29, 1.82) is 0 Å². The van der Waals surface area contributed by atoms with Crippen LogP contribution in [0.25, 0.3) is 4.85 Å². The minimum atomic E-state index is 0.188. The summed E-state index contributed by atoms with van der Waals surface area (Å²) in [6.45, 7) is 13.4. The van der Waals surface area contributed by atoms with Gasteiger partial charge in [-0.1, -0.05) is 42.8 Å². The van der Waals surface area contributed by atoms with Gasteiger partial charge in [0, 0.05) is 32.2 Å². The van der Waals surface area contributed by atoms with E-state index in [0.717, 1.165) is 38.4 Å². The highest BCUT2D eigenvalue weighted by Crippen LogP contribution is 2.53. The molecule has 0 aromatic heterocycles. The fourth-order valence-corrected chi connectivity index (χ4v) is 7.52. The molecule has 2 aliphatic heterocycles. The maximum absolute atomic E-state index is 7.07. The predicted molar refractivity (Wildman–Crippen MR) is 145 cm³/mol. The van der Waals surface area contributed by atoms with Crippen molar-refractivity contribution < 1.29 is 9.47 Å². The van der Waals surface area contributed by atoms with E-state index in [0.29, 0.717) is 23.6 Å². The Bertz CT molecular complexity index is 1040. The van der Waals surface area contributed by atoms with Crippen LogP contribution in [0.4, 0.5) is 5.69 Å². The fraction of sp³-hybridized carbons (Fsp3) is 0.581. The van der Waals surface area contributed by atoms with Crippen molar-refractivity contribution in [1.82, 2.24) is 9.80 Å². The van der Waals surface area contributed by atoms with Crippen LogP contribution < -0.4 is 4.74 Å². The summed E-state index contributed by atoms with van der Waals surface area (Å²) in [6.07, 6.45) is 7.70. The van der Waals surface area contributed by atoms with Crippen molar-refractivity contribution in [2.24, 2.45) is 11.8 Å². The summed E-state index contributed by atoms with van der Waals surface area (Å²) >= 11 is 0. The van der Waals surface area contributed by atoms with Gasteiger partial charge in [0.15, 0.2) is 5.69 Å². The molecule has 1 saturated heterocycles. The van der Waals surface area contributed by atoms with Crippen LogP contribution in [-0.2, 0) is 16.7 Å². The molecule has 1 unspecified atom stereocenters. The molecule has 2 aromatic rings. The molecule has 0 radical (unpaired) electrons. The summed E-state index contributed by atoms with van der Waals surface area (Å²) in [6, 6.07) is 16.7. The summed E-state index contributed by atoms with van der Waals surface area (Å²) in [5.74, 6) is 2.15. The number of hydrogen-bond donors (Lipinski definition) is 0. The molecule has 1 aliphatic carbocycles. The van der Waals surface area contributed by atoms with Gasteiger partial charge >= 0.3 is 0 Å². The molecular formula is C31H41N3O2. The molecule has 2 fully saturated rings. The summed E-state index contributed by atoms with van der Waals surface area (Å²) in [5, 5.41) is 0. The van der Waals surface area contributed by atoms with Gasteiger partial charge in [-0.25, -0.2) is 4.85 Å². The van der Waals surface area contributed by atoms with Crippen molar-refractivity contribution in [3.05, 3.63) is 71.1 Å². The van der Waals surface area contributed by atoms with Crippen LogP contribution in [-0.4, -0.2) is 62.8 Å². The summed E-state index contributed by atoms with van der Waals surface area (Å²) in [5.41, 5.74) is 3.99. The van der Waals surface area contributed by atoms with Gasteiger partial charge in [-0.05, 0) is 87.3 Å². The number of ether oxygens (including phenoxy) is 2. The summed E-state index contributed by atoms with van der Waals surface area (Å²) in [4.78, 5) is 8.65. The first kappa shape index (κ1) is 25.3. The van der Waals surface area contributed by atoms with Gasteiger partial charge in [-0.3, -0.25) is 0 Å². The van der Waals surface area contributed by atoms with E-state index in [2.05, 4.69) is 46.0 Å². The van der Waals surface area contributed by atoms with E-state index in [1.165, 1.54) is 50.8 Å². The number of likely N-dealkylation sites (N-methyl/N-ethyl adjacent to an activating group) is 1. The van der Waals surface area contributed by atoms with Crippen LogP contribution in [0.15, 0.2) is 48.5 Å². The van der Waals surface area contributed by atoms with Crippen LogP contribution >= 0.6 is 0 Å². The maximum atomic E-state index is 7.07. The second-order valence-electron chi connectivity index (χ2n) is 11.1. The quantitative estimate of drug-likeness (QED) is 0.342. The Morgan fingerprint density at radius 1 is 1.03 bits per heavy atom. The number of benzene rings is 2. The van der Waals surface area contributed by atoms with Gasteiger partial charge in [-0.2, -0.15) is 0 Å². The lowest BCUT2D eigenvalue weighted by Gasteiger charge is -2.54. The van der Waals surface area contributed by atoms with Crippen LogP contribution in [0.3, 0.4) is 0 Å². The fourth-order valence-electron chi connectivity index (χ4n) is 7.52. The topological polar surface area (TPSA) is 29.3 Å². The molecule has 2 heterocycles. The molecule has 5 nitrogen and oxygen atoms in total. The van der Waals surface area contributed by atoms with Gasteiger partial charge in [0.2, 0.25) is 0 Å². The molecule has 2 aromatic carbocycles. The van der Waals surface area contributed by atoms with Crippen LogP contribution in [0.1, 0.15) is 49.7 Å². The zero-order valence-corrected chi connectivity index (χ0v) is 22.0. The molecule has 1 saturated carbocycles. The Hall–Kier alpha value is -2.39. The normalized spacial score (nSPS) is 27.5. The molecule has 36 heavy (non-hydrogen) atoms. The number of fused-ring (bicyclic) bond motifs is 1. The first-order valence-corrected chi connectivity index (χ1v) is 13.8. The highest BCUT2D eigenvalue weighted by atomic mass is 16.5. The molecule has 3 aliphatic rings. The average Bonchev–Trinajstić information content (AvgIpc) is 3.41. The largest absolute Gasteiger partial charge is 0.494 e. The zero-order chi connectivity index (χ0) is 25.0. The lowest BCUT2D eigenvalue weighted by Crippen LogP contribution is -2.57. The van der Waals surface area contributed by atoms with Crippen molar-refractivity contribution in [3.8, 4) is 5.75 Å². The molecule has 5 rings (SSSR count). The Labute approximate surface area is 217 Å². The molecule has 0 spiro atoms. The Morgan fingerprint density at radius 3 is 2.56 bits per heavy atom. The van der Waals surface area contributed by atoms with Crippen molar-refractivity contribution in [2.75, 3.05) is 46.9 Å². The Balaban J connectivity index is 1.24. The van der Waals surface area contributed by atoms with Crippen LogP contribution in [0.2, 0.25) is 0 Å². The molecule has 0 N–H and O–H groups in total. The van der Waals surface area contributed by atoms with E-state index >= 15 is 0 Å². The third kappa shape index (κ3) is 5.05. The third-order valence-electron chi connectivity index (χ3n) is 9.08. The number of nitrogens with zero attached hydrogens (tertiary/aromatic N) is 3. The SMILES string of the molecule is [C-]#[N+]c1ccc(OCCCN2CCC(C3([C@@H]4CCC[C@H]4OC)CN(C)Cc4ccccc43)CC2)cc1. The van der Waals surface area contributed by atoms with E-state index in [4.69, 9.17) is 16.0 Å². The average molecular weight is 488 g/mol. The van der Waals surface area contributed by atoms with E-state index < -0.39 is 0 Å². The standard InChI is InChI=1S/C31H41N3O2/c1-32-26-12-14-27(15-13-26)36-21-7-18-34-19-16-25(17-20-34)31(29-10-6-11-30(29)35-3)23-33(2)22-24-8-4-5-9-28(24)31/h4-5,8-9,12-15,25,29-30H,6-7,10-11,16-23H2,2-3H3/t29-,30-,31?/m1/s1. The number of methoxy groups -OCH3 is 1. The van der Waals surface area contributed by atoms with Crippen molar-refractivity contribution >= 4 is 5.69 Å². The number of piperidine rings is 1. The highest BCUT2D eigenvalue weighted by molar-refractivity contribution is 5.47. The van der Waals surface area contributed by atoms with Gasteiger partial charge in [-0.15, -0.1) is 0 Å². The molecule has 3 atom stereocenters. The van der Waals surface area contributed by atoms with Crippen LogP contribution in [0, 0.1) is 18.4 Å². The summed E-state index contributed by atoms with van der Waals surface area (Å²) in [7, 11) is 4.24. The zero-order valence-electron chi connectivity index (χ0n) is 22.0. The number of hydrogen-bond acceptors (Lipinski definition) is 4. The Morgan fingerprint density at radius 2 is 1.81 bits per heavy atom. The molecular weight excluding hydrogens is 446 g/mol. The molecule has 0 bridgehead atoms. The third-order valence-corrected chi connectivity index (χ3v) is 9.08. The number of likely N-dealkylation sites (tertiary alicyclic amines) is 1. The van der Waals surface area contributed by atoms with Gasteiger partial charge in [0.05, 0.1) is 19.3 Å².